The number of halogens is 3. The first kappa shape index (κ1) is 13.9. The Morgan fingerprint density at radius 2 is 2.10 bits per heavy atom. The molecule has 0 bridgehead atoms. The molecule has 1 aliphatic rings. The number of alkyl halides is 3. The molecule has 0 radical (unpaired) electrons. The minimum absolute atomic E-state index is 0.178. The van der Waals surface area contributed by atoms with Gasteiger partial charge >= 0.3 is 6.18 Å². The Bertz CT molecular complexity index is 641. The standard InChI is InChI=1S/C14H13F3N4/c15-14(16,17)13-10-3-5-19-8-11(10)20-12(21-13)6-9-2-1-4-18-7-9/h1-2,4,7,19H,3,5-6,8H2. The van der Waals surface area contributed by atoms with Crippen molar-refractivity contribution >= 4 is 0 Å². The van der Waals surface area contributed by atoms with Gasteiger partial charge in [-0.1, -0.05) is 6.07 Å². The maximum absolute atomic E-state index is 13.2. The second kappa shape index (κ2) is 5.40. The summed E-state index contributed by atoms with van der Waals surface area (Å²) in [6, 6.07) is 3.53. The molecule has 0 aliphatic carbocycles. The van der Waals surface area contributed by atoms with E-state index in [9.17, 15) is 13.2 Å². The molecule has 0 amide bonds. The second-order valence-electron chi connectivity index (χ2n) is 4.88. The zero-order chi connectivity index (χ0) is 14.9. The third-order valence-electron chi connectivity index (χ3n) is 3.34. The van der Waals surface area contributed by atoms with E-state index in [1.54, 1.807) is 24.5 Å². The Hall–Kier alpha value is -2.02. The van der Waals surface area contributed by atoms with Gasteiger partial charge in [-0.25, -0.2) is 9.97 Å². The van der Waals surface area contributed by atoms with E-state index < -0.39 is 11.9 Å². The Morgan fingerprint density at radius 3 is 2.81 bits per heavy atom. The normalized spacial score (nSPS) is 14.8. The minimum Gasteiger partial charge on any atom is -0.311 e. The van der Waals surface area contributed by atoms with E-state index in [0.29, 0.717) is 25.2 Å². The highest BCUT2D eigenvalue weighted by Gasteiger charge is 2.37. The smallest absolute Gasteiger partial charge is 0.311 e. The van der Waals surface area contributed by atoms with Crippen LogP contribution >= 0.6 is 0 Å². The lowest BCUT2D eigenvalue weighted by atomic mass is 10.0. The van der Waals surface area contributed by atoms with Crippen LogP contribution in [-0.4, -0.2) is 21.5 Å². The van der Waals surface area contributed by atoms with Crippen LogP contribution in [0.2, 0.25) is 0 Å². The fraction of sp³-hybridized carbons (Fsp3) is 0.357. The van der Waals surface area contributed by atoms with E-state index >= 15 is 0 Å². The molecule has 3 heterocycles. The molecule has 0 saturated heterocycles. The molecule has 3 rings (SSSR count). The number of pyridine rings is 1. The fourth-order valence-corrected chi connectivity index (χ4v) is 2.41. The third-order valence-corrected chi connectivity index (χ3v) is 3.34. The van der Waals surface area contributed by atoms with Gasteiger partial charge in [0.25, 0.3) is 0 Å². The van der Waals surface area contributed by atoms with Crippen LogP contribution in [0.25, 0.3) is 0 Å². The predicted octanol–water partition coefficient (Wildman–Crippen LogP) is 2.13. The maximum atomic E-state index is 13.2. The van der Waals surface area contributed by atoms with Crippen molar-refractivity contribution < 1.29 is 13.2 Å². The molecule has 21 heavy (non-hydrogen) atoms. The average molecular weight is 294 g/mol. The van der Waals surface area contributed by atoms with Gasteiger partial charge in [-0.05, 0) is 24.6 Å². The summed E-state index contributed by atoms with van der Waals surface area (Å²) in [5.41, 5.74) is 0.654. The topological polar surface area (TPSA) is 50.7 Å². The Kier molecular flexibility index (Phi) is 3.59. The lowest BCUT2D eigenvalue weighted by Gasteiger charge is -2.21. The van der Waals surface area contributed by atoms with Gasteiger partial charge in [-0.3, -0.25) is 4.98 Å². The van der Waals surface area contributed by atoms with Crippen LogP contribution in [0.5, 0.6) is 0 Å². The fourth-order valence-electron chi connectivity index (χ4n) is 2.41. The van der Waals surface area contributed by atoms with Crippen LogP contribution in [0.15, 0.2) is 24.5 Å². The van der Waals surface area contributed by atoms with E-state index in [1.807, 2.05) is 0 Å². The van der Waals surface area contributed by atoms with Gasteiger partial charge in [0.15, 0.2) is 5.69 Å². The largest absolute Gasteiger partial charge is 0.433 e. The monoisotopic (exact) mass is 294 g/mol. The third kappa shape index (κ3) is 3.02. The zero-order valence-electron chi connectivity index (χ0n) is 11.1. The van der Waals surface area contributed by atoms with Crippen molar-refractivity contribution in [2.24, 2.45) is 0 Å². The van der Waals surface area contributed by atoms with Gasteiger partial charge in [0, 0.05) is 30.9 Å². The van der Waals surface area contributed by atoms with Crippen LogP contribution in [0, 0.1) is 0 Å². The highest BCUT2D eigenvalue weighted by atomic mass is 19.4. The molecule has 2 aromatic rings. The summed E-state index contributed by atoms with van der Waals surface area (Å²) in [4.78, 5) is 12.0. The van der Waals surface area contributed by atoms with Crippen LogP contribution in [-0.2, 0) is 25.6 Å². The van der Waals surface area contributed by atoms with Gasteiger partial charge in [-0.2, -0.15) is 13.2 Å². The summed E-state index contributed by atoms with van der Waals surface area (Å²) in [5.74, 6) is 0.178. The number of fused-ring (bicyclic) bond motifs is 1. The lowest BCUT2D eigenvalue weighted by Crippen LogP contribution is -2.29. The Balaban J connectivity index is 2.02. The van der Waals surface area contributed by atoms with Crippen molar-refractivity contribution in [3.8, 4) is 0 Å². The molecule has 7 heteroatoms. The molecule has 0 atom stereocenters. The number of nitrogens with zero attached hydrogens (tertiary/aromatic N) is 3. The number of hydrogen-bond acceptors (Lipinski definition) is 4. The van der Waals surface area contributed by atoms with Crippen LogP contribution in [0.3, 0.4) is 0 Å². The highest BCUT2D eigenvalue weighted by Crippen LogP contribution is 2.32. The first-order valence-electron chi connectivity index (χ1n) is 6.59. The molecule has 1 N–H and O–H groups in total. The summed E-state index contributed by atoms with van der Waals surface area (Å²) in [6.07, 6.45) is -0.688. The second-order valence-corrected chi connectivity index (χ2v) is 4.88. The molecule has 0 fully saturated rings. The molecule has 0 spiro atoms. The van der Waals surface area contributed by atoms with Crippen molar-refractivity contribution in [1.29, 1.82) is 0 Å². The molecule has 110 valence electrons. The van der Waals surface area contributed by atoms with Crippen LogP contribution < -0.4 is 5.32 Å². The van der Waals surface area contributed by atoms with E-state index in [0.717, 1.165) is 5.56 Å². The van der Waals surface area contributed by atoms with Crippen LogP contribution in [0.1, 0.15) is 28.3 Å². The average Bonchev–Trinajstić information content (AvgIpc) is 2.46. The molecule has 0 saturated carbocycles. The molecule has 0 unspecified atom stereocenters. The quantitative estimate of drug-likeness (QED) is 0.922. The Morgan fingerprint density at radius 1 is 1.24 bits per heavy atom. The molecule has 0 aromatic carbocycles. The summed E-state index contributed by atoms with van der Waals surface area (Å²) in [7, 11) is 0. The van der Waals surface area contributed by atoms with Crippen molar-refractivity contribution in [2.75, 3.05) is 6.54 Å². The number of nitrogens with one attached hydrogen (secondary N) is 1. The van der Waals surface area contributed by atoms with Crippen molar-refractivity contribution in [1.82, 2.24) is 20.3 Å². The van der Waals surface area contributed by atoms with Crippen molar-refractivity contribution in [3.63, 3.8) is 0 Å². The first-order chi connectivity index (χ1) is 10.0. The predicted molar refractivity (Wildman–Crippen MR) is 69.5 cm³/mol. The summed E-state index contributed by atoms with van der Waals surface area (Å²) >= 11 is 0. The summed E-state index contributed by atoms with van der Waals surface area (Å²) in [5, 5.41) is 3.04. The molecule has 1 aliphatic heterocycles. The summed E-state index contributed by atoms with van der Waals surface area (Å²) < 4.78 is 39.5. The number of aromatic nitrogens is 3. The SMILES string of the molecule is FC(F)(F)c1nc(Cc2cccnc2)nc2c1CCNC2. The molecule has 4 nitrogen and oxygen atoms in total. The van der Waals surface area contributed by atoms with E-state index in [2.05, 4.69) is 20.3 Å². The van der Waals surface area contributed by atoms with E-state index in [4.69, 9.17) is 0 Å². The van der Waals surface area contributed by atoms with Gasteiger partial charge in [0.2, 0.25) is 0 Å². The highest BCUT2D eigenvalue weighted by molar-refractivity contribution is 5.31. The molecular formula is C14H13F3N4. The van der Waals surface area contributed by atoms with Crippen LogP contribution in [0.4, 0.5) is 13.2 Å². The lowest BCUT2D eigenvalue weighted by molar-refractivity contribution is -0.142. The van der Waals surface area contributed by atoms with Crippen molar-refractivity contribution in [2.45, 2.75) is 25.6 Å². The van der Waals surface area contributed by atoms with Gasteiger partial charge < -0.3 is 5.32 Å². The van der Waals surface area contributed by atoms with Gasteiger partial charge in [0.05, 0.1) is 5.69 Å². The maximum Gasteiger partial charge on any atom is 0.433 e. The van der Waals surface area contributed by atoms with Gasteiger partial charge in [-0.15, -0.1) is 0 Å². The summed E-state index contributed by atoms with van der Waals surface area (Å²) in [6.45, 7) is 0.863. The molecular weight excluding hydrogens is 281 g/mol. The number of hydrogen-bond donors (Lipinski definition) is 1. The van der Waals surface area contributed by atoms with E-state index in [-0.39, 0.29) is 17.8 Å². The van der Waals surface area contributed by atoms with Crippen molar-refractivity contribution in [3.05, 3.63) is 52.9 Å². The zero-order valence-corrected chi connectivity index (χ0v) is 11.1. The van der Waals surface area contributed by atoms with Gasteiger partial charge in [0.1, 0.15) is 5.82 Å². The Labute approximate surface area is 119 Å². The van der Waals surface area contributed by atoms with E-state index in [1.165, 1.54) is 0 Å². The minimum atomic E-state index is -4.45. The number of rotatable bonds is 2. The molecule has 2 aromatic heterocycles. The first-order valence-corrected chi connectivity index (χ1v) is 6.59.